The van der Waals surface area contributed by atoms with Crippen molar-refractivity contribution in [1.29, 1.82) is 0 Å². The lowest BCUT2D eigenvalue weighted by atomic mass is 10.1. The summed E-state index contributed by atoms with van der Waals surface area (Å²) >= 11 is 2.08. The molecule has 1 heterocycles. The maximum Gasteiger partial charge on any atom is 0.335 e. The number of rotatable bonds is 9. The average Bonchev–Trinajstić information content (AvgIpc) is 2.99. The molecule has 1 aliphatic heterocycles. The predicted molar refractivity (Wildman–Crippen MR) is 160 cm³/mol. The number of halogens is 1. The lowest BCUT2D eigenvalue weighted by Crippen LogP contribution is -2.58. The van der Waals surface area contributed by atoms with E-state index in [1.807, 2.05) is 0 Å². The van der Waals surface area contributed by atoms with Gasteiger partial charge in [-0.2, -0.15) is 5.10 Å². The SMILES string of the molecule is COc1cc(C(=O)Nc2ccc(C(=O)N/N=C\[C@H]3C(=O)NC(=O)N(c4ccc(I)cc4)C3=O)cc2)cc(OC)c1OC. The molecule has 4 rings (SSSR count). The number of amides is 6. The van der Waals surface area contributed by atoms with Crippen molar-refractivity contribution in [2.45, 2.75) is 0 Å². The Bertz CT molecular complexity index is 1550. The Labute approximate surface area is 253 Å². The summed E-state index contributed by atoms with van der Waals surface area (Å²) < 4.78 is 16.7. The zero-order valence-corrected chi connectivity index (χ0v) is 24.6. The molecular weight excluding hydrogens is 661 g/mol. The van der Waals surface area contributed by atoms with Gasteiger partial charge in [0.2, 0.25) is 11.7 Å². The van der Waals surface area contributed by atoms with Crippen LogP contribution in [0.4, 0.5) is 16.2 Å². The molecule has 42 heavy (non-hydrogen) atoms. The van der Waals surface area contributed by atoms with Crippen molar-refractivity contribution in [3.05, 3.63) is 75.4 Å². The molecule has 0 unspecified atom stereocenters. The molecule has 6 amide bonds. The van der Waals surface area contributed by atoms with E-state index in [9.17, 15) is 24.0 Å². The van der Waals surface area contributed by atoms with Crippen molar-refractivity contribution in [2.24, 2.45) is 11.0 Å². The van der Waals surface area contributed by atoms with Gasteiger partial charge in [0.25, 0.3) is 17.7 Å². The summed E-state index contributed by atoms with van der Waals surface area (Å²) in [6.07, 6.45) is 0.952. The molecule has 13 nitrogen and oxygen atoms in total. The fraction of sp³-hybridized carbons (Fsp3) is 0.143. The van der Waals surface area contributed by atoms with Crippen LogP contribution in [0, 0.1) is 9.49 Å². The molecule has 1 atom stereocenters. The number of ether oxygens (including phenoxy) is 3. The van der Waals surface area contributed by atoms with Crippen molar-refractivity contribution < 1.29 is 38.2 Å². The van der Waals surface area contributed by atoms with Crippen LogP contribution in [-0.4, -0.2) is 57.2 Å². The molecular formula is C28H24IN5O8. The maximum absolute atomic E-state index is 12.9. The zero-order chi connectivity index (χ0) is 30.4. The average molecular weight is 685 g/mol. The van der Waals surface area contributed by atoms with Crippen molar-refractivity contribution in [3.8, 4) is 17.2 Å². The number of imide groups is 2. The first-order chi connectivity index (χ1) is 20.2. The molecule has 3 N–H and O–H groups in total. The second-order valence-corrected chi connectivity index (χ2v) is 9.83. The quantitative estimate of drug-likeness (QED) is 0.134. The first-order valence-electron chi connectivity index (χ1n) is 12.2. The molecule has 0 aromatic heterocycles. The smallest absolute Gasteiger partial charge is 0.335 e. The molecule has 1 fully saturated rings. The molecule has 216 valence electrons. The number of nitrogens with one attached hydrogen (secondary N) is 3. The van der Waals surface area contributed by atoms with E-state index in [-0.39, 0.29) is 16.8 Å². The summed E-state index contributed by atoms with van der Waals surface area (Å²) in [5.74, 6) is -3.22. The monoisotopic (exact) mass is 685 g/mol. The highest BCUT2D eigenvalue weighted by Crippen LogP contribution is 2.38. The van der Waals surface area contributed by atoms with E-state index in [1.54, 1.807) is 24.3 Å². The van der Waals surface area contributed by atoms with Crippen LogP contribution >= 0.6 is 22.6 Å². The van der Waals surface area contributed by atoms with E-state index in [2.05, 4.69) is 43.8 Å². The minimum absolute atomic E-state index is 0.188. The van der Waals surface area contributed by atoms with E-state index < -0.39 is 35.6 Å². The van der Waals surface area contributed by atoms with Gasteiger partial charge in [0.1, 0.15) is 0 Å². The van der Waals surface area contributed by atoms with Gasteiger partial charge >= 0.3 is 6.03 Å². The number of nitrogens with zero attached hydrogens (tertiary/aromatic N) is 2. The third-order valence-electron chi connectivity index (χ3n) is 6.01. The highest BCUT2D eigenvalue weighted by atomic mass is 127. The van der Waals surface area contributed by atoms with E-state index >= 15 is 0 Å². The summed E-state index contributed by atoms with van der Waals surface area (Å²) in [4.78, 5) is 63.7. The zero-order valence-electron chi connectivity index (χ0n) is 22.5. The number of carbonyl (C=O) groups is 5. The second-order valence-electron chi connectivity index (χ2n) is 8.59. The number of hydrogen-bond donors (Lipinski definition) is 3. The van der Waals surface area contributed by atoms with Crippen LogP contribution in [0.1, 0.15) is 20.7 Å². The number of benzene rings is 3. The summed E-state index contributed by atoms with van der Waals surface area (Å²) in [6, 6.07) is 14.6. The lowest BCUT2D eigenvalue weighted by molar-refractivity contribution is -0.131. The molecule has 0 radical (unpaired) electrons. The van der Waals surface area contributed by atoms with Crippen LogP contribution in [-0.2, 0) is 9.59 Å². The summed E-state index contributed by atoms with van der Waals surface area (Å²) in [5, 5.41) is 8.58. The van der Waals surface area contributed by atoms with Crippen molar-refractivity contribution >= 4 is 69.8 Å². The summed E-state index contributed by atoms with van der Waals surface area (Å²) in [7, 11) is 4.34. The van der Waals surface area contributed by atoms with Gasteiger partial charge < -0.3 is 19.5 Å². The third-order valence-corrected chi connectivity index (χ3v) is 6.73. The fourth-order valence-electron chi connectivity index (χ4n) is 3.91. The standard InChI is InChI=1S/C28H24IN5O8/c1-40-21-12-16(13-22(41-2)23(21)42-3)24(35)31-18-8-4-15(5-9-18)25(36)33-30-14-20-26(37)32-28(39)34(27(20)38)19-10-6-17(29)7-11-19/h4-14,20H,1-3H3,(H,31,35)(H,33,36)(H,32,37,39)/b30-14-/t20-/m0/s1. The molecule has 1 aliphatic rings. The number of hydrazone groups is 1. The number of methoxy groups -OCH3 is 3. The van der Waals surface area contributed by atoms with Crippen LogP contribution in [0.25, 0.3) is 0 Å². The van der Waals surface area contributed by atoms with Crippen molar-refractivity contribution in [3.63, 3.8) is 0 Å². The maximum atomic E-state index is 12.9. The van der Waals surface area contributed by atoms with E-state index in [0.29, 0.717) is 22.9 Å². The number of carbonyl (C=O) groups excluding carboxylic acids is 5. The third kappa shape index (κ3) is 6.49. The van der Waals surface area contributed by atoms with E-state index in [0.717, 1.165) is 14.7 Å². The number of hydrogen-bond acceptors (Lipinski definition) is 9. The van der Waals surface area contributed by atoms with E-state index in [4.69, 9.17) is 14.2 Å². The first kappa shape index (κ1) is 30.0. The van der Waals surface area contributed by atoms with Gasteiger partial charge in [-0.1, -0.05) is 0 Å². The Hall–Kier alpha value is -4.99. The summed E-state index contributed by atoms with van der Waals surface area (Å²) in [6.45, 7) is 0. The Kier molecular flexibility index (Phi) is 9.36. The Morgan fingerprint density at radius 3 is 2.07 bits per heavy atom. The molecule has 1 saturated heterocycles. The molecule has 0 bridgehead atoms. The minimum atomic E-state index is -1.44. The normalized spacial score (nSPS) is 14.8. The molecule has 3 aromatic carbocycles. The van der Waals surface area contributed by atoms with Gasteiger partial charge in [0.15, 0.2) is 17.4 Å². The largest absolute Gasteiger partial charge is 0.493 e. The summed E-state index contributed by atoms with van der Waals surface area (Å²) in [5.41, 5.74) is 3.38. The van der Waals surface area contributed by atoms with Crippen LogP contribution in [0.15, 0.2) is 65.8 Å². The second kappa shape index (κ2) is 13.1. The molecule has 0 spiro atoms. The van der Waals surface area contributed by atoms with Gasteiger partial charge in [0, 0.05) is 26.6 Å². The van der Waals surface area contributed by atoms with Crippen LogP contribution in [0.2, 0.25) is 0 Å². The van der Waals surface area contributed by atoms with E-state index in [1.165, 1.54) is 57.7 Å². The topological polar surface area (TPSA) is 165 Å². The van der Waals surface area contributed by atoms with Gasteiger partial charge in [0.05, 0.1) is 27.0 Å². The highest BCUT2D eigenvalue weighted by Gasteiger charge is 2.40. The molecule has 3 aromatic rings. The van der Waals surface area contributed by atoms with Gasteiger partial charge in [-0.25, -0.2) is 15.1 Å². The number of barbiturate groups is 1. The van der Waals surface area contributed by atoms with Crippen LogP contribution in [0.5, 0.6) is 17.2 Å². The highest BCUT2D eigenvalue weighted by molar-refractivity contribution is 14.1. The lowest BCUT2D eigenvalue weighted by Gasteiger charge is -2.28. The molecule has 14 heteroatoms. The van der Waals surface area contributed by atoms with Gasteiger partial charge in [-0.15, -0.1) is 0 Å². The van der Waals surface area contributed by atoms with Crippen molar-refractivity contribution in [1.82, 2.24) is 10.7 Å². The number of urea groups is 1. The van der Waals surface area contributed by atoms with Crippen LogP contribution < -0.4 is 35.2 Å². The molecule has 0 saturated carbocycles. The molecule has 0 aliphatic carbocycles. The Morgan fingerprint density at radius 1 is 0.881 bits per heavy atom. The Balaban J connectivity index is 1.39. The number of anilines is 2. The fourth-order valence-corrected chi connectivity index (χ4v) is 4.27. The van der Waals surface area contributed by atoms with Gasteiger partial charge in [-0.3, -0.25) is 24.5 Å². The van der Waals surface area contributed by atoms with Gasteiger partial charge in [-0.05, 0) is 83.3 Å². The van der Waals surface area contributed by atoms with Crippen molar-refractivity contribution in [2.75, 3.05) is 31.5 Å². The predicted octanol–water partition coefficient (Wildman–Crippen LogP) is 3.18. The first-order valence-corrected chi connectivity index (χ1v) is 13.2. The van der Waals surface area contributed by atoms with Crippen LogP contribution in [0.3, 0.4) is 0 Å². The Morgan fingerprint density at radius 2 is 1.50 bits per heavy atom. The minimum Gasteiger partial charge on any atom is -0.493 e.